The monoisotopic (exact) mass is 180 g/mol. The van der Waals surface area contributed by atoms with Gasteiger partial charge in [-0.05, 0) is 12.1 Å². The summed E-state index contributed by atoms with van der Waals surface area (Å²) < 4.78 is 0. The van der Waals surface area contributed by atoms with E-state index in [1.54, 1.807) is 6.07 Å². The Labute approximate surface area is 72.5 Å². The Morgan fingerprint density at radius 2 is 2.42 bits per heavy atom. The second-order valence-corrected chi connectivity index (χ2v) is 2.99. The highest BCUT2D eigenvalue weighted by Crippen LogP contribution is 2.24. The molecule has 1 rings (SSSR count). The summed E-state index contributed by atoms with van der Waals surface area (Å²) in [4.78, 5) is 10.5. The Balaban J connectivity index is 2.86. The normalized spacial score (nSPS) is 9.92. The molecule has 4 nitrogen and oxygen atoms in total. The van der Waals surface area contributed by atoms with Crippen molar-refractivity contribution in [1.29, 1.82) is 5.26 Å². The largest absolute Gasteiger partial charge is 0.324 e. The number of thiophene rings is 1. The van der Waals surface area contributed by atoms with E-state index in [1.807, 2.05) is 6.07 Å². The molecule has 1 heterocycles. The molecule has 1 aromatic heterocycles. The van der Waals surface area contributed by atoms with Crippen LogP contribution in [0.3, 0.4) is 0 Å². The van der Waals surface area contributed by atoms with E-state index >= 15 is 0 Å². The van der Waals surface area contributed by atoms with E-state index < -0.39 is 4.92 Å². The third kappa shape index (κ3) is 1.90. The summed E-state index contributed by atoms with van der Waals surface area (Å²) in [6, 6.07) is 4.84. The highest BCUT2D eigenvalue weighted by molar-refractivity contribution is 7.16. The SMILES string of the molecule is N#CC=Cc1ccc([N+](=O)[O-])s1. The van der Waals surface area contributed by atoms with Crippen LogP contribution in [-0.4, -0.2) is 4.92 Å². The number of nitriles is 1. The van der Waals surface area contributed by atoms with E-state index in [0.717, 1.165) is 11.3 Å². The van der Waals surface area contributed by atoms with Crippen LogP contribution in [0.15, 0.2) is 18.2 Å². The first-order valence-corrected chi connectivity index (χ1v) is 3.86. The van der Waals surface area contributed by atoms with Crippen molar-refractivity contribution in [2.24, 2.45) is 0 Å². The zero-order valence-corrected chi connectivity index (χ0v) is 6.75. The molecule has 0 aliphatic carbocycles. The summed E-state index contributed by atoms with van der Waals surface area (Å²) in [5.41, 5.74) is 0. The Kier molecular flexibility index (Phi) is 2.56. The molecule has 0 saturated carbocycles. The van der Waals surface area contributed by atoms with Gasteiger partial charge in [0.25, 0.3) is 0 Å². The molecular weight excluding hydrogens is 176 g/mol. The standard InChI is InChI=1S/C7H4N2O2S/c8-5-1-2-6-3-4-7(12-6)9(10)11/h1-4H. The average molecular weight is 180 g/mol. The number of hydrogen-bond donors (Lipinski definition) is 0. The van der Waals surface area contributed by atoms with Gasteiger partial charge >= 0.3 is 5.00 Å². The van der Waals surface area contributed by atoms with Crippen molar-refractivity contribution in [3.05, 3.63) is 33.2 Å². The van der Waals surface area contributed by atoms with E-state index in [4.69, 9.17) is 5.26 Å². The summed E-state index contributed by atoms with van der Waals surface area (Å²) in [5, 5.41) is 18.5. The van der Waals surface area contributed by atoms with Gasteiger partial charge in [0, 0.05) is 17.0 Å². The lowest BCUT2D eigenvalue weighted by Crippen LogP contribution is -1.80. The summed E-state index contributed by atoms with van der Waals surface area (Å²) in [5.74, 6) is 0. The third-order valence-corrected chi connectivity index (χ3v) is 2.12. The van der Waals surface area contributed by atoms with E-state index in [-0.39, 0.29) is 5.00 Å². The lowest BCUT2D eigenvalue weighted by Gasteiger charge is -1.79. The van der Waals surface area contributed by atoms with Gasteiger partial charge in [0.05, 0.1) is 11.0 Å². The molecule has 0 radical (unpaired) electrons. The quantitative estimate of drug-likeness (QED) is 0.398. The fourth-order valence-corrected chi connectivity index (χ4v) is 1.37. The molecule has 0 atom stereocenters. The molecule has 5 heteroatoms. The Hall–Kier alpha value is -1.67. The maximum Gasteiger partial charge on any atom is 0.324 e. The van der Waals surface area contributed by atoms with Gasteiger partial charge in [-0.15, -0.1) is 0 Å². The molecule has 0 fully saturated rings. The summed E-state index contributed by atoms with van der Waals surface area (Å²) in [6.45, 7) is 0. The fraction of sp³-hybridized carbons (Fsp3) is 0. The summed E-state index contributed by atoms with van der Waals surface area (Å²) in [7, 11) is 0. The van der Waals surface area contributed by atoms with Crippen molar-refractivity contribution in [2.75, 3.05) is 0 Å². The average Bonchev–Trinajstić information content (AvgIpc) is 2.48. The first-order valence-electron chi connectivity index (χ1n) is 3.04. The lowest BCUT2D eigenvalue weighted by atomic mass is 10.4. The van der Waals surface area contributed by atoms with Gasteiger partial charge in [-0.3, -0.25) is 10.1 Å². The molecule has 0 bridgehead atoms. The molecule has 0 aliphatic heterocycles. The molecule has 0 aromatic carbocycles. The van der Waals surface area contributed by atoms with Gasteiger partial charge in [-0.1, -0.05) is 11.3 Å². The van der Waals surface area contributed by atoms with Gasteiger partial charge in [0.15, 0.2) is 0 Å². The number of hydrogen-bond acceptors (Lipinski definition) is 4. The summed E-state index contributed by atoms with van der Waals surface area (Å²) >= 11 is 1.04. The minimum atomic E-state index is -0.450. The first-order chi connectivity index (χ1) is 5.74. The Morgan fingerprint density at radius 1 is 1.67 bits per heavy atom. The van der Waals surface area contributed by atoms with E-state index in [9.17, 15) is 10.1 Å². The second-order valence-electron chi connectivity index (χ2n) is 1.90. The predicted octanol–water partition coefficient (Wildman–Crippen LogP) is 2.19. The van der Waals surface area contributed by atoms with Gasteiger partial charge < -0.3 is 0 Å². The van der Waals surface area contributed by atoms with Crippen molar-refractivity contribution in [3.8, 4) is 6.07 Å². The lowest BCUT2D eigenvalue weighted by molar-refractivity contribution is -0.380. The molecule has 0 saturated heterocycles. The van der Waals surface area contributed by atoms with Crippen molar-refractivity contribution in [2.45, 2.75) is 0 Å². The molecule has 0 unspecified atom stereocenters. The third-order valence-electron chi connectivity index (χ3n) is 1.11. The van der Waals surface area contributed by atoms with Crippen LogP contribution in [0.25, 0.3) is 6.08 Å². The van der Waals surface area contributed by atoms with Gasteiger partial charge in [0.1, 0.15) is 0 Å². The molecule has 0 spiro atoms. The number of rotatable bonds is 2. The minimum absolute atomic E-state index is 0.0904. The minimum Gasteiger partial charge on any atom is -0.258 e. The zero-order valence-electron chi connectivity index (χ0n) is 5.93. The van der Waals surface area contributed by atoms with Crippen LogP contribution >= 0.6 is 11.3 Å². The van der Waals surface area contributed by atoms with Crippen LogP contribution in [0.1, 0.15) is 4.88 Å². The van der Waals surface area contributed by atoms with Crippen LogP contribution in [0.5, 0.6) is 0 Å². The molecule has 0 aliphatic rings. The van der Waals surface area contributed by atoms with Crippen LogP contribution in [0.4, 0.5) is 5.00 Å². The molecule has 1 aromatic rings. The highest BCUT2D eigenvalue weighted by Gasteiger charge is 2.06. The smallest absolute Gasteiger partial charge is 0.258 e. The van der Waals surface area contributed by atoms with E-state index in [0.29, 0.717) is 4.88 Å². The zero-order chi connectivity index (χ0) is 8.97. The highest BCUT2D eigenvalue weighted by atomic mass is 32.1. The number of nitro groups is 1. The van der Waals surface area contributed by atoms with Crippen LogP contribution in [-0.2, 0) is 0 Å². The van der Waals surface area contributed by atoms with E-state index in [1.165, 1.54) is 18.2 Å². The van der Waals surface area contributed by atoms with Gasteiger partial charge in [-0.2, -0.15) is 5.26 Å². The van der Waals surface area contributed by atoms with E-state index in [2.05, 4.69) is 0 Å². The second kappa shape index (κ2) is 3.64. The van der Waals surface area contributed by atoms with Crippen molar-refractivity contribution in [1.82, 2.24) is 0 Å². The van der Waals surface area contributed by atoms with Gasteiger partial charge in [0.2, 0.25) is 0 Å². The van der Waals surface area contributed by atoms with Crippen LogP contribution in [0, 0.1) is 21.4 Å². The van der Waals surface area contributed by atoms with Crippen molar-refractivity contribution >= 4 is 22.4 Å². The topological polar surface area (TPSA) is 66.9 Å². The predicted molar refractivity (Wildman–Crippen MR) is 45.6 cm³/mol. The molecule has 0 amide bonds. The first kappa shape index (κ1) is 8.43. The molecule has 12 heavy (non-hydrogen) atoms. The Morgan fingerprint density at radius 3 is 2.92 bits per heavy atom. The number of allylic oxidation sites excluding steroid dienone is 1. The van der Waals surface area contributed by atoms with Crippen LogP contribution < -0.4 is 0 Å². The maximum absolute atomic E-state index is 10.2. The Bertz CT molecular complexity index is 362. The molecule has 0 N–H and O–H groups in total. The van der Waals surface area contributed by atoms with Crippen LogP contribution in [0.2, 0.25) is 0 Å². The maximum atomic E-state index is 10.2. The number of nitrogens with zero attached hydrogens (tertiary/aromatic N) is 2. The van der Waals surface area contributed by atoms with Gasteiger partial charge in [-0.25, -0.2) is 0 Å². The molecular formula is C7H4N2O2S. The fourth-order valence-electron chi connectivity index (χ4n) is 0.649. The van der Waals surface area contributed by atoms with Crippen molar-refractivity contribution < 1.29 is 4.92 Å². The van der Waals surface area contributed by atoms with Crippen molar-refractivity contribution in [3.63, 3.8) is 0 Å². The molecule has 60 valence electrons. The summed E-state index contributed by atoms with van der Waals surface area (Å²) in [6.07, 6.45) is 2.83.